The number of hydrogen-bond acceptors (Lipinski definition) is 2. The Morgan fingerprint density at radius 3 is 2.75 bits per heavy atom. The maximum atomic E-state index is 13.6. The van der Waals surface area contributed by atoms with Gasteiger partial charge in [-0.2, -0.15) is 0 Å². The van der Waals surface area contributed by atoms with Crippen LogP contribution in [0.4, 0.5) is 10.1 Å². The number of fused-ring (bicyclic) bond motifs is 1. The monoisotopic (exact) mass is 309 g/mol. The van der Waals surface area contributed by atoms with Crippen LogP contribution in [0.15, 0.2) is 46.9 Å². The van der Waals surface area contributed by atoms with Crippen LogP contribution in [0.2, 0.25) is 10.2 Å². The Labute approximate surface area is 125 Å². The molecule has 0 saturated carbocycles. The Morgan fingerprint density at radius 2 is 1.90 bits per heavy atom. The molecular weight excluding hydrogens is 300 g/mol. The van der Waals surface area contributed by atoms with E-state index in [1.807, 2.05) is 24.3 Å². The summed E-state index contributed by atoms with van der Waals surface area (Å²) in [5.41, 5.74) is 1.83. The fraction of sp³-hybridized carbons (Fsp3) is 0.0667. The molecule has 0 atom stereocenters. The molecule has 20 heavy (non-hydrogen) atoms. The quantitative estimate of drug-likeness (QED) is 0.692. The topological polar surface area (TPSA) is 25.2 Å². The highest BCUT2D eigenvalue weighted by atomic mass is 35.5. The second-order valence-corrected chi connectivity index (χ2v) is 5.11. The van der Waals surface area contributed by atoms with Gasteiger partial charge in [-0.05, 0) is 35.9 Å². The Balaban J connectivity index is 1.90. The number of para-hydroxylation sites is 1. The molecule has 0 bridgehead atoms. The van der Waals surface area contributed by atoms with Gasteiger partial charge in [0.25, 0.3) is 0 Å². The lowest BCUT2D eigenvalue weighted by molar-refractivity contribution is 0.612. The van der Waals surface area contributed by atoms with Crippen LogP contribution < -0.4 is 5.32 Å². The van der Waals surface area contributed by atoms with Gasteiger partial charge in [-0.15, -0.1) is 0 Å². The Hall–Kier alpha value is -1.71. The minimum absolute atomic E-state index is 0.307. The normalized spacial score (nSPS) is 10.9. The van der Waals surface area contributed by atoms with E-state index >= 15 is 0 Å². The van der Waals surface area contributed by atoms with E-state index in [4.69, 9.17) is 27.6 Å². The van der Waals surface area contributed by atoms with Gasteiger partial charge in [-0.25, -0.2) is 4.39 Å². The van der Waals surface area contributed by atoms with Crippen molar-refractivity contribution < 1.29 is 8.81 Å². The van der Waals surface area contributed by atoms with Crippen molar-refractivity contribution >= 4 is 39.9 Å². The van der Waals surface area contributed by atoms with Gasteiger partial charge in [0.2, 0.25) is 0 Å². The number of furan rings is 1. The third-order valence-corrected chi connectivity index (χ3v) is 3.57. The van der Waals surface area contributed by atoms with Gasteiger partial charge < -0.3 is 9.73 Å². The standard InChI is InChI=1S/C15H10Cl2FNO/c16-9-5-6-12(18)13(7-9)19-8-11-10-3-1-2-4-14(10)20-15(11)17/h1-7,19H,8H2. The van der Waals surface area contributed by atoms with Crippen molar-refractivity contribution in [1.82, 2.24) is 0 Å². The molecule has 0 amide bonds. The fourth-order valence-corrected chi connectivity index (χ4v) is 2.47. The maximum Gasteiger partial charge on any atom is 0.199 e. The lowest BCUT2D eigenvalue weighted by Gasteiger charge is -2.07. The molecule has 0 aliphatic rings. The molecule has 102 valence electrons. The summed E-state index contributed by atoms with van der Waals surface area (Å²) in [4.78, 5) is 0. The summed E-state index contributed by atoms with van der Waals surface area (Å²) in [5, 5.41) is 4.67. The van der Waals surface area contributed by atoms with E-state index in [1.165, 1.54) is 18.2 Å². The minimum atomic E-state index is -0.363. The second-order valence-electron chi connectivity index (χ2n) is 4.33. The molecule has 1 aromatic heterocycles. The average molecular weight is 310 g/mol. The molecule has 3 rings (SSSR count). The minimum Gasteiger partial charge on any atom is -0.444 e. The summed E-state index contributed by atoms with van der Waals surface area (Å²) in [7, 11) is 0. The first kappa shape index (κ1) is 13.3. The smallest absolute Gasteiger partial charge is 0.199 e. The Bertz CT molecular complexity index is 770. The molecule has 5 heteroatoms. The first-order chi connectivity index (χ1) is 9.65. The molecule has 0 saturated heterocycles. The maximum absolute atomic E-state index is 13.6. The van der Waals surface area contributed by atoms with Gasteiger partial charge in [0, 0.05) is 22.5 Å². The summed E-state index contributed by atoms with van der Waals surface area (Å²) in [6.45, 7) is 0.354. The third kappa shape index (κ3) is 2.47. The van der Waals surface area contributed by atoms with Crippen LogP contribution in [-0.2, 0) is 6.54 Å². The molecule has 0 aliphatic carbocycles. The summed E-state index contributed by atoms with van der Waals surface area (Å²) in [6.07, 6.45) is 0. The molecule has 3 aromatic rings. The number of benzene rings is 2. The van der Waals surface area contributed by atoms with Crippen LogP contribution in [0.3, 0.4) is 0 Å². The zero-order chi connectivity index (χ0) is 14.1. The SMILES string of the molecule is Fc1ccc(Cl)cc1NCc1c(Cl)oc2ccccc12. The van der Waals surface area contributed by atoms with Crippen molar-refractivity contribution in [3.63, 3.8) is 0 Å². The van der Waals surface area contributed by atoms with Gasteiger partial charge in [0.1, 0.15) is 11.4 Å². The first-order valence-electron chi connectivity index (χ1n) is 6.00. The van der Waals surface area contributed by atoms with Crippen molar-refractivity contribution in [3.05, 3.63) is 64.1 Å². The van der Waals surface area contributed by atoms with Crippen LogP contribution in [0.5, 0.6) is 0 Å². The molecule has 2 aromatic carbocycles. The predicted molar refractivity (Wildman–Crippen MR) is 80.0 cm³/mol. The Kier molecular flexibility index (Phi) is 3.55. The van der Waals surface area contributed by atoms with E-state index in [2.05, 4.69) is 5.32 Å². The van der Waals surface area contributed by atoms with E-state index in [9.17, 15) is 4.39 Å². The molecule has 1 heterocycles. The van der Waals surface area contributed by atoms with Crippen molar-refractivity contribution in [3.8, 4) is 0 Å². The summed E-state index contributed by atoms with van der Waals surface area (Å²) < 4.78 is 19.1. The van der Waals surface area contributed by atoms with Crippen molar-refractivity contribution in [1.29, 1.82) is 0 Å². The van der Waals surface area contributed by atoms with Gasteiger partial charge in [0.15, 0.2) is 5.22 Å². The fourth-order valence-electron chi connectivity index (χ4n) is 2.05. The zero-order valence-electron chi connectivity index (χ0n) is 10.3. The van der Waals surface area contributed by atoms with Crippen LogP contribution >= 0.6 is 23.2 Å². The number of nitrogens with one attached hydrogen (secondary N) is 1. The predicted octanol–water partition coefficient (Wildman–Crippen LogP) is 5.49. The number of hydrogen-bond donors (Lipinski definition) is 1. The van der Waals surface area contributed by atoms with E-state index in [1.54, 1.807) is 0 Å². The number of halogens is 3. The van der Waals surface area contributed by atoms with Gasteiger partial charge in [-0.1, -0.05) is 29.8 Å². The van der Waals surface area contributed by atoms with Crippen LogP contribution in [0.25, 0.3) is 11.0 Å². The van der Waals surface area contributed by atoms with E-state index in [0.29, 0.717) is 28.1 Å². The highest BCUT2D eigenvalue weighted by molar-refractivity contribution is 6.31. The molecule has 0 fully saturated rings. The lowest BCUT2D eigenvalue weighted by Crippen LogP contribution is -2.01. The average Bonchev–Trinajstić information content (AvgIpc) is 2.75. The molecular formula is C15H10Cl2FNO. The first-order valence-corrected chi connectivity index (χ1v) is 6.75. The number of rotatable bonds is 3. The summed E-state index contributed by atoms with van der Waals surface area (Å²) in [6, 6.07) is 11.9. The summed E-state index contributed by atoms with van der Waals surface area (Å²) >= 11 is 11.9. The highest BCUT2D eigenvalue weighted by Crippen LogP contribution is 2.30. The molecule has 0 spiro atoms. The van der Waals surface area contributed by atoms with Crippen LogP contribution in [0.1, 0.15) is 5.56 Å². The van der Waals surface area contributed by atoms with Crippen LogP contribution in [0, 0.1) is 5.82 Å². The van der Waals surface area contributed by atoms with E-state index in [0.717, 1.165) is 10.9 Å². The Morgan fingerprint density at radius 1 is 1.10 bits per heavy atom. The number of anilines is 1. The molecule has 1 N–H and O–H groups in total. The molecule has 0 aliphatic heterocycles. The highest BCUT2D eigenvalue weighted by Gasteiger charge is 2.12. The lowest BCUT2D eigenvalue weighted by atomic mass is 10.1. The molecule has 0 unspecified atom stereocenters. The van der Waals surface area contributed by atoms with E-state index < -0.39 is 0 Å². The largest absolute Gasteiger partial charge is 0.444 e. The van der Waals surface area contributed by atoms with Gasteiger partial charge in [0.05, 0.1) is 5.69 Å². The van der Waals surface area contributed by atoms with Crippen molar-refractivity contribution in [2.45, 2.75) is 6.54 Å². The summed E-state index contributed by atoms with van der Waals surface area (Å²) in [5.74, 6) is -0.363. The van der Waals surface area contributed by atoms with Gasteiger partial charge in [-0.3, -0.25) is 0 Å². The molecule has 0 radical (unpaired) electrons. The van der Waals surface area contributed by atoms with Gasteiger partial charge >= 0.3 is 0 Å². The molecule has 2 nitrogen and oxygen atoms in total. The van der Waals surface area contributed by atoms with Crippen molar-refractivity contribution in [2.24, 2.45) is 0 Å². The van der Waals surface area contributed by atoms with Crippen molar-refractivity contribution in [2.75, 3.05) is 5.32 Å². The third-order valence-electron chi connectivity index (χ3n) is 3.03. The zero-order valence-corrected chi connectivity index (χ0v) is 11.8. The second kappa shape index (κ2) is 5.35. The van der Waals surface area contributed by atoms with Crippen LogP contribution in [-0.4, -0.2) is 0 Å². The van der Waals surface area contributed by atoms with E-state index in [-0.39, 0.29) is 5.82 Å².